The van der Waals surface area contributed by atoms with E-state index in [1.54, 1.807) is 13.3 Å². The number of methoxy groups -OCH3 is 1. The molecule has 0 spiro atoms. The van der Waals surface area contributed by atoms with Crippen molar-refractivity contribution in [1.29, 1.82) is 0 Å². The van der Waals surface area contributed by atoms with E-state index >= 15 is 0 Å². The molecule has 1 fully saturated rings. The van der Waals surface area contributed by atoms with Crippen molar-refractivity contribution in [3.8, 4) is 11.5 Å². The van der Waals surface area contributed by atoms with E-state index in [-0.39, 0.29) is 5.92 Å². The summed E-state index contributed by atoms with van der Waals surface area (Å²) < 4.78 is 13.1. The van der Waals surface area contributed by atoms with E-state index in [2.05, 4.69) is 16.0 Å². The van der Waals surface area contributed by atoms with Crippen LogP contribution in [-0.4, -0.2) is 52.9 Å². The number of nitrogens with zero attached hydrogens (tertiary/aromatic N) is 3. The number of hydrogen-bond donors (Lipinski definition) is 1. The average Bonchev–Trinajstić information content (AvgIpc) is 3.13. The van der Waals surface area contributed by atoms with Crippen LogP contribution in [0.3, 0.4) is 0 Å². The molecule has 2 aromatic rings. The van der Waals surface area contributed by atoms with E-state index in [1.807, 2.05) is 36.0 Å². The molecule has 6 heteroatoms. The molecular formula is C21H27N3O3. The summed E-state index contributed by atoms with van der Waals surface area (Å²) >= 11 is 0. The molecule has 0 saturated carbocycles. The van der Waals surface area contributed by atoms with Crippen LogP contribution in [0.15, 0.2) is 36.2 Å². The van der Waals surface area contributed by atoms with Crippen molar-refractivity contribution in [3.05, 3.63) is 47.6 Å². The first-order valence-electron chi connectivity index (χ1n) is 9.52. The Bertz CT molecular complexity index is 822. The van der Waals surface area contributed by atoms with Crippen LogP contribution in [0.5, 0.6) is 11.5 Å². The Kier molecular flexibility index (Phi) is 5.18. The maximum Gasteiger partial charge on any atom is 0.137 e. The molecule has 1 N–H and O–H groups in total. The smallest absolute Gasteiger partial charge is 0.137 e. The number of aliphatic hydroxyl groups excluding tert-OH is 1. The molecule has 0 bridgehead atoms. The molecule has 27 heavy (non-hydrogen) atoms. The third-order valence-corrected chi connectivity index (χ3v) is 5.62. The predicted octanol–water partition coefficient (Wildman–Crippen LogP) is 2.65. The van der Waals surface area contributed by atoms with E-state index in [1.165, 1.54) is 5.57 Å². The fourth-order valence-corrected chi connectivity index (χ4v) is 4.01. The number of rotatable bonds is 5. The Balaban J connectivity index is 1.35. The first-order valence-corrected chi connectivity index (χ1v) is 9.52. The fraction of sp³-hybridized carbons (Fsp3) is 0.476. The minimum Gasteiger partial charge on any atom is -0.497 e. The third-order valence-electron chi connectivity index (χ3n) is 5.62. The van der Waals surface area contributed by atoms with Crippen LogP contribution in [0.1, 0.15) is 30.3 Å². The molecule has 2 aliphatic rings. The van der Waals surface area contributed by atoms with Gasteiger partial charge < -0.3 is 19.1 Å². The Morgan fingerprint density at radius 2 is 2.15 bits per heavy atom. The monoisotopic (exact) mass is 369 g/mol. The zero-order chi connectivity index (χ0) is 18.8. The summed E-state index contributed by atoms with van der Waals surface area (Å²) in [5.41, 5.74) is 2.36. The number of hydrogen-bond acceptors (Lipinski definition) is 5. The minimum atomic E-state index is -0.483. The van der Waals surface area contributed by atoms with Gasteiger partial charge in [-0.1, -0.05) is 0 Å². The van der Waals surface area contributed by atoms with Gasteiger partial charge in [0.15, 0.2) is 0 Å². The van der Waals surface area contributed by atoms with Gasteiger partial charge in [0.1, 0.15) is 30.0 Å². The Morgan fingerprint density at radius 1 is 1.33 bits per heavy atom. The largest absolute Gasteiger partial charge is 0.497 e. The number of ether oxygens (including phenoxy) is 2. The van der Waals surface area contributed by atoms with Crippen LogP contribution in [0, 0.1) is 5.92 Å². The van der Waals surface area contributed by atoms with Gasteiger partial charge in [-0.15, -0.1) is 0 Å². The average molecular weight is 369 g/mol. The lowest BCUT2D eigenvalue weighted by molar-refractivity contribution is 0.0530. The molecule has 1 atom stereocenters. The van der Waals surface area contributed by atoms with Crippen LogP contribution in [0.2, 0.25) is 0 Å². The highest BCUT2D eigenvalue weighted by atomic mass is 16.5. The van der Waals surface area contributed by atoms with Crippen molar-refractivity contribution in [3.63, 3.8) is 0 Å². The van der Waals surface area contributed by atoms with E-state index in [9.17, 15) is 5.11 Å². The highest BCUT2D eigenvalue weighted by molar-refractivity contribution is 5.64. The van der Waals surface area contributed by atoms with Crippen LogP contribution < -0.4 is 9.47 Å². The molecule has 1 saturated heterocycles. The van der Waals surface area contributed by atoms with Crippen molar-refractivity contribution in [2.45, 2.75) is 18.9 Å². The molecule has 0 amide bonds. The maximum atomic E-state index is 10.6. The Hall–Kier alpha value is -2.31. The summed E-state index contributed by atoms with van der Waals surface area (Å²) in [5, 5.41) is 10.6. The number of aromatic nitrogens is 2. The lowest BCUT2D eigenvalue weighted by Crippen LogP contribution is -2.38. The normalized spacial score (nSPS) is 19.1. The number of aliphatic hydroxyl groups is 1. The first kappa shape index (κ1) is 18.1. The summed E-state index contributed by atoms with van der Waals surface area (Å²) in [7, 11) is 3.61. The molecular weight excluding hydrogens is 342 g/mol. The zero-order valence-corrected chi connectivity index (χ0v) is 16.0. The number of likely N-dealkylation sites (tertiary alicyclic amines) is 1. The van der Waals surface area contributed by atoms with Gasteiger partial charge in [-0.25, -0.2) is 4.98 Å². The van der Waals surface area contributed by atoms with Crippen molar-refractivity contribution in [1.82, 2.24) is 14.5 Å². The quantitative estimate of drug-likeness (QED) is 0.878. The van der Waals surface area contributed by atoms with Crippen LogP contribution >= 0.6 is 0 Å². The maximum absolute atomic E-state index is 10.6. The van der Waals surface area contributed by atoms with E-state index in [0.717, 1.165) is 55.4 Å². The molecule has 1 aromatic carbocycles. The van der Waals surface area contributed by atoms with E-state index < -0.39 is 6.10 Å². The SMILES string of the molecule is COc1ccc2c(c1)C=C(CN1CCC(C(O)c3nccn3C)CC1)CO2. The summed E-state index contributed by atoms with van der Waals surface area (Å²) in [4.78, 5) is 6.75. The van der Waals surface area contributed by atoms with E-state index in [4.69, 9.17) is 9.47 Å². The molecule has 1 unspecified atom stereocenters. The second-order valence-electron chi connectivity index (χ2n) is 7.45. The van der Waals surface area contributed by atoms with Gasteiger partial charge in [0, 0.05) is 31.5 Å². The minimum absolute atomic E-state index is 0.268. The molecule has 3 heterocycles. The van der Waals surface area contributed by atoms with Crippen molar-refractivity contribution >= 4 is 6.08 Å². The zero-order valence-electron chi connectivity index (χ0n) is 16.0. The van der Waals surface area contributed by atoms with Crippen LogP contribution in [0.4, 0.5) is 0 Å². The Morgan fingerprint density at radius 3 is 2.85 bits per heavy atom. The van der Waals surface area contributed by atoms with Gasteiger partial charge in [0.05, 0.1) is 7.11 Å². The number of fused-ring (bicyclic) bond motifs is 1. The molecule has 0 aliphatic carbocycles. The van der Waals surface area contributed by atoms with Gasteiger partial charge in [0.25, 0.3) is 0 Å². The topological polar surface area (TPSA) is 59.8 Å². The second-order valence-corrected chi connectivity index (χ2v) is 7.45. The van der Waals surface area contributed by atoms with Crippen molar-refractivity contribution < 1.29 is 14.6 Å². The molecule has 6 nitrogen and oxygen atoms in total. The molecule has 4 rings (SSSR count). The second kappa shape index (κ2) is 7.74. The Labute approximate surface area is 160 Å². The van der Waals surface area contributed by atoms with Gasteiger partial charge in [0.2, 0.25) is 0 Å². The van der Waals surface area contributed by atoms with Crippen molar-refractivity contribution in [2.75, 3.05) is 33.4 Å². The van der Waals surface area contributed by atoms with Crippen LogP contribution in [0.25, 0.3) is 6.08 Å². The van der Waals surface area contributed by atoms with E-state index in [0.29, 0.717) is 6.61 Å². The number of piperidine rings is 1. The highest BCUT2D eigenvalue weighted by Crippen LogP contribution is 2.32. The van der Waals surface area contributed by atoms with Crippen molar-refractivity contribution in [2.24, 2.45) is 13.0 Å². The molecule has 0 radical (unpaired) electrons. The van der Waals surface area contributed by atoms with Gasteiger partial charge >= 0.3 is 0 Å². The predicted molar refractivity (Wildman–Crippen MR) is 104 cm³/mol. The molecule has 144 valence electrons. The number of benzene rings is 1. The number of imidazole rings is 1. The first-order chi connectivity index (χ1) is 13.1. The van der Waals surface area contributed by atoms with Gasteiger partial charge in [-0.2, -0.15) is 0 Å². The summed E-state index contributed by atoms with van der Waals surface area (Å²) in [6.45, 7) is 3.50. The summed E-state index contributed by atoms with van der Waals surface area (Å²) in [5.74, 6) is 2.79. The summed E-state index contributed by atoms with van der Waals surface area (Å²) in [6.07, 6.45) is 7.32. The lowest BCUT2D eigenvalue weighted by atomic mass is 9.90. The molecule has 1 aromatic heterocycles. The third kappa shape index (κ3) is 3.87. The molecule has 2 aliphatic heterocycles. The van der Waals surface area contributed by atoms with Gasteiger partial charge in [-0.3, -0.25) is 4.90 Å². The van der Waals surface area contributed by atoms with Crippen LogP contribution in [-0.2, 0) is 7.05 Å². The van der Waals surface area contributed by atoms with Gasteiger partial charge in [-0.05, 0) is 61.7 Å². The lowest BCUT2D eigenvalue weighted by Gasteiger charge is -2.34. The highest BCUT2D eigenvalue weighted by Gasteiger charge is 2.28. The fourth-order valence-electron chi connectivity index (χ4n) is 4.01. The number of aryl methyl sites for hydroxylation is 1. The standard InChI is InChI=1S/C21H27N3O3/c1-23-10-7-22-21(23)20(25)16-5-8-24(9-6-16)13-15-11-17-12-18(26-2)3-4-19(17)27-14-15/h3-4,7,10-12,16,20,25H,5-6,8-9,13-14H2,1-2H3. The summed E-state index contributed by atoms with van der Waals surface area (Å²) in [6, 6.07) is 5.91.